The number of ether oxygens (including phenoxy) is 3. The van der Waals surface area contributed by atoms with Crippen molar-refractivity contribution >= 4 is 22.9 Å². The largest absolute Gasteiger partial charge is 0.493 e. The van der Waals surface area contributed by atoms with Crippen LogP contribution in [-0.4, -0.2) is 32.2 Å². The van der Waals surface area contributed by atoms with Gasteiger partial charge in [0.05, 0.1) is 32.7 Å². The van der Waals surface area contributed by atoms with E-state index in [1.54, 1.807) is 36.4 Å². The predicted molar refractivity (Wildman–Crippen MR) is 127 cm³/mol. The number of nitrogens with zero attached hydrogens (tertiary/aromatic N) is 1. The Kier molecular flexibility index (Phi) is 6.55. The van der Waals surface area contributed by atoms with Crippen LogP contribution in [0.3, 0.4) is 0 Å². The molecule has 1 amide bonds. The first kappa shape index (κ1) is 22.3. The maximum Gasteiger partial charge on any atom is 0.255 e. The van der Waals surface area contributed by atoms with Crippen LogP contribution in [0.1, 0.15) is 10.4 Å². The van der Waals surface area contributed by atoms with E-state index in [1.165, 1.54) is 38.7 Å². The van der Waals surface area contributed by atoms with Gasteiger partial charge in [0.2, 0.25) is 5.75 Å². The summed E-state index contributed by atoms with van der Waals surface area (Å²) in [6, 6.07) is 17.0. The second kappa shape index (κ2) is 9.70. The molecule has 0 aliphatic rings. The molecule has 1 aromatic heterocycles. The van der Waals surface area contributed by atoms with E-state index in [0.717, 1.165) is 5.56 Å². The van der Waals surface area contributed by atoms with Gasteiger partial charge in [0.15, 0.2) is 11.5 Å². The minimum atomic E-state index is -0.355. The van der Waals surface area contributed by atoms with Crippen LogP contribution in [0, 0.1) is 5.82 Å². The van der Waals surface area contributed by atoms with Crippen LogP contribution < -0.4 is 19.5 Å². The zero-order valence-corrected chi connectivity index (χ0v) is 19.0. The molecule has 4 aromatic rings. The molecule has 0 spiro atoms. The summed E-state index contributed by atoms with van der Waals surface area (Å²) in [4.78, 5) is 17.7. The highest BCUT2D eigenvalue weighted by Gasteiger charge is 2.19. The molecule has 0 unspecified atom stereocenters. The molecule has 1 N–H and O–H groups in total. The molecule has 168 valence electrons. The first-order chi connectivity index (χ1) is 16.0. The number of rotatable bonds is 7. The van der Waals surface area contributed by atoms with Crippen LogP contribution in [0.25, 0.3) is 21.8 Å². The molecule has 1 heterocycles. The standard InChI is InChI=1S/C25H21FN2O4S/c1-30-21-12-15(13-22(31-2)23(21)32-3)24(29)27-19-11-7-5-9-17(19)20-14-33-25(28-20)16-8-4-6-10-18(16)26/h4-14H,1-3H3,(H,27,29). The van der Waals surface area contributed by atoms with Gasteiger partial charge < -0.3 is 19.5 Å². The molecule has 0 fully saturated rings. The van der Waals surface area contributed by atoms with Crippen LogP contribution in [-0.2, 0) is 0 Å². The number of hydrogen-bond donors (Lipinski definition) is 1. The maximum absolute atomic E-state index is 14.2. The van der Waals surface area contributed by atoms with Crippen molar-refractivity contribution in [1.29, 1.82) is 0 Å². The summed E-state index contributed by atoms with van der Waals surface area (Å²) in [6.07, 6.45) is 0. The number of nitrogens with one attached hydrogen (secondary N) is 1. The van der Waals surface area contributed by atoms with Crippen molar-refractivity contribution in [3.63, 3.8) is 0 Å². The third-order valence-electron chi connectivity index (χ3n) is 4.99. The number of anilines is 1. The van der Waals surface area contributed by atoms with Gasteiger partial charge >= 0.3 is 0 Å². The lowest BCUT2D eigenvalue weighted by Gasteiger charge is -2.15. The van der Waals surface area contributed by atoms with E-state index in [9.17, 15) is 9.18 Å². The highest BCUT2D eigenvalue weighted by molar-refractivity contribution is 7.13. The first-order valence-electron chi connectivity index (χ1n) is 9.97. The van der Waals surface area contributed by atoms with Gasteiger partial charge in [0.1, 0.15) is 10.8 Å². The average molecular weight is 465 g/mol. The lowest BCUT2D eigenvalue weighted by molar-refractivity contribution is 0.102. The molecule has 0 atom stereocenters. The summed E-state index contributed by atoms with van der Waals surface area (Å²) in [5.74, 6) is 0.474. The van der Waals surface area contributed by atoms with E-state index < -0.39 is 0 Å². The Balaban J connectivity index is 1.66. The number of methoxy groups -OCH3 is 3. The van der Waals surface area contributed by atoms with Crippen molar-refractivity contribution < 1.29 is 23.4 Å². The van der Waals surface area contributed by atoms with Gasteiger partial charge in [-0.05, 0) is 30.3 Å². The molecule has 0 saturated carbocycles. The molecular formula is C25H21FN2O4S. The molecule has 8 heteroatoms. The quantitative estimate of drug-likeness (QED) is 0.369. The Morgan fingerprint density at radius 3 is 2.18 bits per heavy atom. The van der Waals surface area contributed by atoms with E-state index in [1.807, 2.05) is 23.6 Å². The second-order valence-corrected chi connectivity index (χ2v) is 7.79. The fourth-order valence-corrected chi connectivity index (χ4v) is 4.22. The minimum absolute atomic E-state index is 0.331. The molecule has 4 rings (SSSR count). The van der Waals surface area contributed by atoms with E-state index in [-0.39, 0.29) is 11.7 Å². The van der Waals surface area contributed by atoms with Gasteiger partial charge in [-0.25, -0.2) is 9.37 Å². The SMILES string of the molecule is COc1cc(C(=O)Nc2ccccc2-c2csc(-c3ccccc3F)n2)cc(OC)c1OC. The van der Waals surface area contributed by atoms with Crippen molar-refractivity contribution in [2.24, 2.45) is 0 Å². The number of aromatic nitrogens is 1. The number of hydrogen-bond acceptors (Lipinski definition) is 6. The number of benzene rings is 3. The number of amides is 1. The van der Waals surface area contributed by atoms with Crippen LogP contribution in [0.2, 0.25) is 0 Å². The lowest BCUT2D eigenvalue weighted by atomic mass is 10.1. The van der Waals surface area contributed by atoms with Crippen LogP contribution in [0.4, 0.5) is 10.1 Å². The third kappa shape index (κ3) is 4.51. The summed E-state index contributed by atoms with van der Waals surface area (Å²) in [5, 5.41) is 5.33. The Morgan fingerprint density at radius 1 is 0.909 bits per heavy atom. The maximum atomic E-state index is 14.2. The number of para-hydroxylation sites is 1. The van der Waals surface area contributed by atoms with Gasteiger partial charge in [0, 0.05) is 22.1 Å². The number of thiazole rings is 1. The van der Waals surface area contributed by atoms with Gasteiger partial charge in [-0.1, -0.05) is 30.3 Å². The van der Waals surface area contributed by atoms with Crippen LogP contribution in [0.5, 0.6) is 17.2 Å². The predicted octanol–water partition coefficient (Wildman–Crippen LogP) is 5.89. The monoisotopic (exact) mass is 464 g/mol. The molecule has 0 aliphatic carbocycles. The topological polar surface area (TPSA) is 69.7 Å². The number of carbonyl (C=O) groups excluding carboxylic acids is 1. The smallest absolute Gasteiger partial charge is 0.255 e. The highest BCUT2D eigenvalue weighted by Crippen LogP contribution is 2.39. The molecule has 0 saturated heterocycles. The van der Waals surface area contributed by atoms with E-state index in [4.69, 9.17) is 14.2 Å². The Labute approximate surface area is 194 Å². The summed E-state index contributed by atoms with van der Waals surface area (Å²) in [7, 11) is 4.48. The van der Waals surface area contributed by atoms with Crippen molar-refractivity contribution in [3.05, 3.63) is 77.4 Å². The lowest BCUT2D eigenvalue weighted by Crippen LogP contribution is -2.13. The van der Waals surface area contributed by atoms with E-state index in [2.05, 4.69) is 10.3 Å². The normalized spacial score (nSPS) is 10.5. The van der Waals surface area contributed by atoms with E-state index >= 15 is 0 Å². The Morgan fingerprint density at radius 2 is 1.55 bits per heavy atom. The average Bonchev–Trinajstić information content (AvgIpc) is 3.33. The zero-order chi connectivity index (χ0) is 23.4. The number of carbonyl (C=O) groups is 1. The summed E-state index contributed by atoms with van der Waals surface area (Å²) >= 11 is 1.34. The Hall–Kier alpha value is -3.91. The minimum Gasteiger partial charge on any atom is -0.493 e. The van der Waals surface area contributed by atoms with Crippen molar-refractivity contribution in [2.75, 3.05) is 26.6 Å². The number of halogens is 1. The summed E-state index contributed by atoms with van der Waals surface area (Å²) in [5.41, 5.74) is 2.70. The molecule has 0 aliphatic heterocycles. The molecular weight excluding hydrogens is 443 g/mol. The second-order valence-electron chi connectivity index (χ2n) is 6.93. The van der Waals surface area contributed by atoms with Gasteiger partial charge in [-0.2, -0.15) is 0 Å². The van der Waals surface area contributed by atoms with E-state index in [0.29, 0.717) is 44.8 Å². The van der Waals surface area contributed by atoms with Crippen LogP contribution >= 0.6 is 11.3 Å². The summed E-state index contributed by atoms with van der Waals surface area (Å²) < 4.78 is 30.2. The molecule has 0 radical (unpaired) electrons. The third-order valence-corrected chi connectivity index (χ3v) is 5.86. The van der Waals surface area contributed by atoms with Crippen LogP contribution in [0.15, 0.2) is 66.0 Å². The van der Waals surface area contributed by atoms with Gasteiger partial charge in [-0.3, -0.25) is 4.79 Å². The first-order valence-corrected chi connectivity index (χ1v) is 10.8. The fourth-order valence-electron chi connectivity index (χ4n) is 3.38. The molecule has 0 bridgehead atoms. The molecule has 33 heavy (non-hydrogen) atoms. The van der Waals surface area contributed by atoms with Gasteiger partial charge in [-0.15, -0.1) is 11.3 Å². The van der Waals surface area contributed by atoms with Crippen molar-refractivity contribution in [2.45, 2.75) is 0 Å². The highest BCUT2D eigenvalue weighted by atomic mass is 32.1. The van der Waals surface area contributed by atoms with Crippen molar-refractivity contribution in [3.8, 4) is 39.1 Å². The zero-order valence-electron chi connectivity index (χ0n) is 18.2. The Bertz CT molecular complexity index is 1280. The van der Waals surface area contributed by atoms with Crippen molar-refractivity contribution in [1.82, 2.24) is 4.98 Å². The molecule has 6 nitrogen and oxygen atoms in total. The summed E-state index contributed by atoms with van der Waals surface area (Å²) in [6.45, 7) is 0. The fraction of sp³-hybridized carbons (Fsp3) is 0.120. The van der Waals surface area contributed by atoms with Gasteiger partial charge in [0.25, 0.3) is 5.91 Å². The molecule has 3 aromatic carbocycles.